The fourth-order valence-electron chi connectivity index (χ4n) is 2.77. The standard InChI is InChI=1S/C18H32O4/c1-2-3-4-5-6-7-8-9-17-13-12-15(19)10-11-16(20)14-18(21)22-17/h10-11,15-17,19-20H,2-9,12-14H2,1H3/b11-10-/t15-,16+,17+/m1/s1. The minimum Gasteiger partial charge on any atom is -0.462 e. The second kappa shape index (κ2) is 11.7. The third kappa shape index (κ3) is 9.21. The Bertz CT molecular complexity index is 327. The summed E-state index contributed by atoms with van der Waals surface area (Å²) < 4.78 is 5.45. The largest absolute Gasteiger partial charge is 0.462 e. The number of carbonyl (C=O) groups is 1. The predicted octanol–water partition coefficient (Wildman–Crippen LogP) is 3.50. The zero-order valence-corrected chi connectivity index (χ0v) is 13.9. The SMILES string of the molecule is CCCCCCCCC[C@H]1CC[C@H](O)/C=C\[C@H](O)CC(=O)O1. The number of carbonyl (C=O) groups excluding carboxylic acids is 1. The molecule has 1 aliphatic heterocycles. The summed E-state index contributed by atoms with van der Waals surface area (Å²) in [4.78, 5) is 11.7. The maximum atomic E-state index is 11.7. The summed E-state index contributed by atoms with van der Waals surface area (Å²) in [6.07, 6.45) is 12.2. The van der Waals surface area contributed by atoms with Gasteiger partial charge >= 0.3 is 5.97 Å². The van der Waals surface area contributed by atoms with E-state index in [1.54, 1.807) is 6.08 Å². The van der Waals surface area contributed by atoms with Crippen LogP contribution < -0.4 is 0 Å². The normalized spacial score (nSPS) is 28.1. The molecule has 0 bridgehead atoms. The fraction of sp³-hybridized carbons (Fsp3) is 0.833. The van der Waals surface area contributed by atoms with Gasteiger partial charge in [-0.05, 0) is 25.7 Å². The lowest BCUT2D eigenvalue weighted by molar-refractivity contribution is -0.151. The molecule has 0 saturated heterocycles. The number of aliphatic hydroxyl groups excluding tert-OH is 2. The van der Waals surface area contributed by atoms with Crippen molar-refractivity contribution in [3.63, 3.8) is 0 Å². The number of esters is 1. The van der Waals surface area contributed by atoms with Crippen molar-refractivity contribution >= 4 is 5.97 Å². The van der Waals surface area contributed by atoms with E-state index in [1.807, 2.05) is 0 Å². The van der Waals surface area contributed by atoms with E-state index in [-0.39, 0.29) is 18.5 Å². The molecule has 1 aliphatic rings. The van der Waals surface area contributed by atoms with E-state index in [1.165, 1.54) is 44.6 Å². The fourth-order valence-corrected chi connectivity index (χ4v) is 2.77. The van der Waals surface area contributed by atoms with Crippen molar-refractivity contribution in [2.75, 3.05) is 0 Å². The molecule has 0 spiro atoms. The summed E-state index contributed by atoms with van der Waals surface area (Å²) in [5.41, 5.74) is 0. The minimum atomic E-state index is -0.862. The Balaban J connectivity index is 2.28. The Morgan fingerprint density at radius 3 is 2.36 bits per heavy atom. The Kier molecular flexibility index (Phi) is 10.2. The lowest BCUT2D eigenvalue weighted by Gasteiger charge is -2.21. The van der Waals surface area contributed by atoms with Gasteiger partial charge < -0.3 is 14.9 Å². The highest BCUT2D eigenvalue weighted by molar-refractivity contribution is 5.70. The average Bonchev–Trinajstić information content (AvgIpc) is 2.48. The van der Waals surface area contributed by atoms with Crippen LogP contribution in [0.2, 0.25) is 0 Å². The van der Waals surface area contributed by atoms with E-state index in [4.69, 9.17) is 4.74 Å². The molecule has 4 nitrogen and oxygen atoms in total. The van der Waals surface area contributed by atoms with Crippen molar-refractivity contribution in [3.05, 3.63) is 12.2 Å². The van der Waals surface area contributed by atoms with Crippen LogP contribution in [0, 0.1) is 0 Å². The van der Waals surface area contributed by atoms with Crippen LogP contribution >= 0.6 is 0 Å². The van der Waals surface area contributed by atoms with Crippen LogP contribution in [0.15, 0.2) is 12.2 Å². The van der Waals surface area contributed by atoms with Gasteiger partial charge in [-0.25, -0.2) is 0 Å². The van der Waals surface area contributed by atoms with Gasteiger partial charge in [0.15, 0.2) is 0 Å². The lowest BCUT2D eigenvalue weighted by atomic mass is 10.0. The van der Waals surface area contributed by atoms with Crippen LogP contribution in [-0.2, 0) is 9.53 Å². The van der Waals surface area contributed by atoms with E-state index in [0.29, 0.717) is 12.8 Å². The summed E-state index contributed by atoms with van der Waals surface area (Å²) in [5, 5.41) is 19.4. The summed E-state index contributed by atoms with van der Waals surface area (Å²) >= 11 is 0. The van der Waals surface area contributed by atoms with E-state index >= 15 is 0 Å². The van der Waals surface area contributed by atoms with Gasteiger partial charge in [0.1, 0.15) is 6.10 Å². The van der Waals surface area contributed by atoms with Gasteiger partial charge in [0.05, 0.1) is 18.6 Å². The van der Waals surface area contributed by atoms with Crippen LogP contribution in [0.3, 0.4) is 0 Å². The molecule has 0 aliphatic carbocycles. The van der Waals surface area contributed by atoms with Crippen molar-refractivity contribution in [1.29, 1.82) is 0 Å². The van der Waals surface area contributed by atoms with E-state index in [0.717, 1.165) is 12.8 Å². The number of cyclic esters (lactones) is 1. The molecule has 0 radical (unpaired) electrons. The molecule has 22 heavy (non-hydrogen) atoms. The monoisotopic (exact) mass is 312 g/mol. The number of hydrogen-bond donors (Lipinski definition) is 2. The first-order valence-corrected chi connectivity index (χ1v) is 8.85. The molecule has 0 amide bonds. The van der Waals surface area contributed by atoms with E-state index < -0.39 is 12.2 Å². The Morgan fingerprint density at radius 1 is 1.00 bits per heavy atom. The Morgan fingerprint density at radius 2 is 1.64 bits per heavy atom. The van der Waals surface area contributed by atoms with E-state index in [2.05, 4.69) is 6.92 Å². The Labute approximate surface area is 134 Å². The number of unbranched alkanes of at least 4 members (excludes halogenated alkanes) is 6. The van der Waals surface area contributed by atoms with E-state index in [9.17, 15) is 15.0 Å². The van der Waals surface area contributed by atoms with Crippen LogP contribution in [0.5, 0.6) is 0 Å². The zero-order valence-electron chi connectivity index (χ0n) is 13.9. The number of aliphatic hydroxyl groups is 2. The molecule has 0 aromatic heterocycles. The molecule has 4 heteroatoms. The maximum Gasteiger partial charge on any atom is 0.309 e. The van der Waals surface area contributed by atoms with Gasteiger partial charge in [0.25, 0.3) is 0 Å². The molecule has 1 heterocycles. The summed E-state index contributed by atoms with van der Waals surface area (Å²) in [5.74, 6) is -0.346. The first-order valence-electron chi connectivity index (χ1n) is 8.85. The van der Waals surface area contributed by atoms with Crippen molar-refractivity contribution < 1.29 is 19.7 Å². The number of hydrogen-bond acceptors (Lipinski definition) is 4. The van der Waals surface area contributed by atoms with Gasteiger partial charge in [-0.3, -0.25) is 4.79 Å². The van der Waals surface area contributed by atoms with Gasteiger partial charge in [-0.15, -0.1) is 0 Å². The molecule has 3 atom stereocenters. The molecule has 2 N–H and O–H groups in total. The highest BCUT2D eigenvalue weighted by Gasteiger charge is 2.19. The molecule has 0 aromatic carbocycles. The molecule has 0 saturated carbocycles. The molecule has 0 fully saturated rings. The predicted molar refractivity (Wildman–Crippen MR) is 87.5 cm³/mol. The van der Waals surface area contributed by atoms with Gasteiger partial charge in [0, 0.05) is 0 Å². The van der Waals surface area contributed by atoms with Crippen molar-refractivity contribution in [3.8, 4) is 0 Å². The third-order valence-electron chi connectivity index (χ3n) is 4.14. The van der Waals surface area contributed by atoms with Crippen LogP contribution in [0.25, 0.3) is 0 Å². The third-order valence-corrected chi connectivity index (χ3v) is 4.14. The van der Waals surface area contributed by atoms with Crippen LogP contribution in [-0.4, -0.2) is 34.5 Å². The first-order chi connectivity index (χ1) is 10.6. The van der Waals surface area contributed by atoms with Gasteiger partial charge in [-0.1, -0.05) is 57.6 Å². The second-order valence-electron chi connectivity index (χ2n) is 6.32. The van der Waals surface area contributed by atoms with Crippen LogP contribution in [0.4, 0.5) is 0 Å². The Hall–Kier alpha value is -0.870. The molecular formula is C18H32O4. The van der Waals surface area contributed by atoms with Crippen molar-refractivity contribution in [2.24, 2.45) is 0 Å². The summed E-state index contributed by atoms with van der Waals surface area (Å²) in [7, 11) is 0. The lowest BCUT2D eigenvalue weighted by Crippen LogP contribution is -2.24. The number of ether oxygens (including phenoxy) is 1. The van der Waals surface area contributed by atoms with Crippen molar-refractivity contribution in [1.82, 2.24) is 0 Å². The molecule has 128 valence electrons. The molecular weight excluding hydrogens is 280 g/mol. The zero-order chi connectivity index (χ0) is 16.2. The van der Waals surface area contributed by atoms with Gasteiger partial charge in [-0.2, -0.15) is 0 Å². The smallest absolute Gasteiger partial charge is 0.309 e. The highest BCUT2D eigenvalue weighted by atomic mass is 16.5. The first kappa shape index (κ1) is 19.2. The molecule has 0 aromatic rings. The quantitative estimate of drug-likeness (QED) is 0.409. The summed E-state index contributed by atoms with van der Waals surface area (Å²) in [6, 6.07) is 0. The molecule has 0 unspecified atom stereocenters. The highest BCUT2D eigenvalue weighted by Crippen LogP contribution is 2.18. The average molecular weight is 312 g/mol. The van der Waals surface area contributed by atoms with Crippen LogP contribution in [0.1, 0.15) is 77.6 Å². The number of rotatable bonds is 8. The minimum absolute atomic E-state index is 0.0310. The van der Waals surface area contributed by atoms with Gasteiger partial charge in [0.2, 0.25) is 0 Å². The molecule has 1 rings (SSSR count). The topological polar surface area (TPSA) is 66.8 Å². The van der Waals surface area contributed by atoms with Crippen molar-refractivity contribution in [2.45, 2.75) is 95.9 Å². The second-order valence-corrected chi connectivity index (χ2v) is 6.32. The maximum absolute atomic E-state index is 11.7. The summed E-state index contributed by atoms with van der Waals surface area (Å²) in [6.45, 7) is 2.22.